The molecule has 0 unspecified atom stereocenters. The minimum absolute atomic E-state index is 0.230. The van der Waals surface area contributed by atoms with Crippen molar-refractivity contribution >= 4 is 17.7 Å². The van der Waals surface area contributed by atoms with Crippen LogP contribution in [0.15, 0.2) is 97.1 Å². The summed E-state index contributed by atoms with van der Waals surface area (Å²) >= 11 is 0. The molecule has 3 aromatic rings. The fourth-order valence-corrected chi connectivity index (χ4v) is 5.68. The largest absolute Gasteiger partial charge is 0.332 e. The molecule has 3 amide bonds. The molecule has 0 aliphatic carbocycles. The van der Waals surface area contributed by atoms with E-state index >= 15 is 0 Å². The molecule has 244 valence electrons. The molecule has 46 heavy (non-hydrogen) atoms. The lowest BCUT2D eigenvalue weighted by atomic mass is 9.98. The summed E-state index contributed by atoms with van der Waals surface area (Å²) in [6, 6.07) is 26.3. The van der Waals surface area contributed by atoms with Crippen molar-refractivity contribution < 1.29 is 14.4 Å². The zero-order chi connectivity index (χ0) is 33.1. The highest BCUT2D eigenvalue weighted by atomic mass is 16.2. The van der Waals surface area contributed by atoms with Gasteiger partial charge in [0.2, 0.25) is 11.8 Å². The van der Waals surface area contributed by atoms with Crippen LogP contribution in [0.25, 0.3) is 11.1 Å². The fraction of sp³-hybridized carbons (Fsp3) is 0.395. The van der Waals surface area contributed by atoms with E-state index in [0.717, 1.165) is 54.6 Å². The van der Waals surface area contributed by atoms with E-state index in [4.69, 9.17) is 5.73 Å². The van der Waals surface area contributed by atoms with Gasteiger partial charge in [0.05, 0.1) is 0 Å². The maximum absolute atomic E-state index is 14.4. The number of amides is 3. The van der Waals surface area contributed by atoms with E-state index in [1.165, 1.54) is 15.9 Å². The first-order valence-electron chi connectivity index (χ1n) is 16.2. The van der Waals surface area contributed by atoms with Crippen molar-refractivity contribution in [1.29, 1.82) is 0 Å². The van der Waals surface area contributed by atoms with Crippen LogP contribution in [-0.2, 0) is 27.2 Å². The summed E-state index contributed by atoms with van der Waals surface area (Å²) < 4.78 is 0. The molecule has 4 rings (SSSR count). The van der Waals surface area contributed by atoms with Gasteiger partial charge < -0.3 is 15.5 Å². The number of nitrogens with zero attached hydrogens (tertiary/aromatic N) is 3. The number of nitrogens with one attached hydrogen (secondary N) is 1. The molecule has 0 aromatic heterocycles. The van der Waals surface area contributed by atoms with Crippen LogP contribution < -0.4 is 11.2 Å². The Balaban J connectivity index is 1.61. The summed E-state index contributed by atoms with van der Waals surface area (Å²) in [5.74, 6) is -0.828. The first kappa shape index (κ1) is 34.6. The van der Waals surface area contributed by atoms with Gasteiger partial charge in [-0.1, -0.05) is 97.4 Å². The van der Waals surface area contributed by atoms with Crippen molar-refractivity contribution in [3.63, 3.8) is 0 Å². The zero-order valence-corrected chi connectivity index (χ0v) is 27.7. The third-order valence-corrected chi connectivity index (χ3v) is 8.51. The van der Waals surface area contributed by atoms with Crippen molar-refractivity contribution in [3.8, 4) is 11.1 Å². The van der Waals surface area contributed by atoms with E-state index in [1.54, 1.807) is 20.2 Å². The summed E-state index contributed by atoms with van der Waals surface area (Å²) in [6.45, 7) is 5.36. The molecule has 3 aromatic carbocycles. The van der Waals surface area contributed by atoms with Gasteiger partial charge >= 0.3 is 0 Å². The molecule has 1 aliphatic heterocycles. The van der Waals surface area contributed by atoms with Crippen molar-refractivity contribution in [2.75, 3.05) is 27.2 Å². The van der Waals surface area contributed by atoms with E-state index < -0.39 is 17.6 Å². The van der Waals surface area contributed by atoms with Gasteiger partial charge in [-0.15, -0.1) is 0 Å². The Bertz CT molecular complexity index is 1450. The van der Waals surface area contributed by atoms with Gasteiger partial charge in [0.25, 0.3) is 5.91 Å². The molecule has 0 bridgehead atoms. The second-order valence-corrected chi connectivity index (χ2v) is 13.0. The number of nitrogens with two attached hydrogens (primary N) is 1. The summed E-state index contributed by atoms with van der Waals surface area (Å²) in [4.78, 5) is 44.7. The first-order chi connectivity index (χ1) is 22.0. The van der Waals surface area contributed by atoms with E-state index in [1.807, 2.05) is 91.7 Å². The van der Waals surface area contributed by atoms with Crippen LogP contribution in [0.3, 0.4) is 0 Å². The topological polar surface area (TPSA) is 99.0 Å². The van der Waals surface area contributed by atoms with Crippen LogP contribution in [0.2, 0.25) is 0 Å². The number of likely N-dealkylation sites (N-methyl/N-ethyl adjacent to an activating group) is 2. The molecule has 8 nitrogen and oxygen atoms in total. The first-order valence-corrected chi connectivity index (χ1v) is 16.2. The van der Waals surface area contributed by atoms with Gasteiger partial charge in [-0.25, -0.2) is 5.01 Å². The second-order valence-electron chi connectivity index (χ2n) is 13.0. The molecule has 0 radical (unpaired) electrons. The van der Waals surface area contributed by atoms with E-state index in [9.17, 15) is 14.4 Å². The number of rotatable bonds is 13. The normalized spacial score (nSPS) is 15.2. The van der Waals surface area contributed by atoms with E-state index in [0.29, 0.717) is 19.3 Å². The highest BCUT2D eigenvalue weighted by Gasteiger charge is 2.35. The zero-order valence-electron chi connectivity index (χ0n) is 27.7. The van der Waals surface area contributed by atoms with Crippen molar-refractivity contribution in [2.24, 2.45) is 5.73 Å². The highest BCUT2D eigenvalue weighted by Crippen LogP contribution is 2.22. The Morgan fingerprint density at radius 1 is 0.783 bits per heavy atom. The third kappa shape index (κ3) is 10.1. The quantitative estimate of drug-likeness (QED) is 0.262. The smallest absolute Gasteiger partial charge is 0.257 e. The highest BCUT2D eigenvalue weighted by molar-refractivity contribution is 5.95. The standard InChI is InChI=1S/C38H49N5O3/c1-38(2,39)24-14-19-35(44)41(3)34(28-30-20-22-32(23-21-30)31-17-10-6-11-18-31)37(46)42(4)33(27-29-15-8-5-9-16-29)36(45)40-43-25-12-7-13-26-43/h5-6,8-11,14-23,33-34H,7,12-13,24-28,39H2,1-4H3,(H,40,45)/t33-,34-/m1/s1. The third-order valence-electron chi connectivity index (χ3n) is 8.51. The van der Waals surface area contributed by atoms with Gasteiger partial charge in [0, 0.05) is 45.6 Å². The fourth-order valence-electron chi connectivity index (χ4n) is 5.68. The van der Waals surface area contributed by atoms with Crippen molar-refractivity contribution in [3.05, 3.63) is 108 Å². The number of benzene rings is 3. The van der Waals surface area contributed by atoms with Crippen LogP contribution >= 0.6 is 0 Å². The maximum Gasteiger partial charge on any atom is 0.257 e. The van der Waals surface area contributed by atoms with Crippen LogP contribution in [0, 0.1) is 0 Å². The van der Waals surface area contributed by atoms with Crippen LogP contribution in [0.1, 0.15) is 50.7 Å². The molecule has 1 aliphatic rings. The Labute approximate surface area is 274 Å². The van der Waals surface area contributed by atoms with Crippen LogP contribution in [0.4, 0.5) is 0 Å². The number of carbonyl (C=O) groups excluding carboxylic acids is 3. The molecule has 1 heterocycles. The minimum Gasteiger partial charge on any atom is -0.332 e. The summed E-state index contributed by atoms with van der Waals surface area (Å²) in [6.07, 6.45) is 7.58. The monoisotopic (exact) mass is 623 g/mol. The SMILES string of the molecule is CN(C(=O)C=CCC(C)(C)N)[C@H](Cc1ccc(-c2ccccc2)cc1)C(=O)N(C)[C@H](Cc1ccccc1)C(=O)NN1CCCCC1. The summed E-state index contributed by atoms with van der Waals surface area (Å²) in [5, 5.41) is 1.95. The molecule has 0 saturated carbocycles. The van der Waals surface area contributed by atoms with Crippen molar-refractivity contribution in [2.45, 2.75) is 70.0 Å². The number of hydrogen-bond acceptors (Lipinski definition) is 5. The average molecular weight is 624 g/mol. The van der Waals surface area contributed by atoms with Crippen LogP contribution in [-0.4, -0.2) is 77.3 Å². The number of carbonyl (C=O) groups is 3. The summed E-state index contributed by atoms with van der Waals surface area (Å²) in [7, 11) is 3.32. The minimum atomic E-state index is -0.836. The molecule has 8 heteroatoms. The van der Waals surface area contributed by atoms with Gasteiger partial charge in [0.15, 0.2) is 0 Å². The average Bonchev–Trinajstić information content (AvgIpc) is 3.06. The summed E-state index contributed by atoms with van der Waals surface area (Å²) in [5.41, 5.74) is 12.8. The Morgan fingerprint density at radius 3 is 1.93 bits per heavy atom. The van der Waals surface area contributed by atoms with Gasteiger partial charge in [-0.3, -0.25) is 19.8 Å². The lowest BCUT2D eigenvalue weighted by Crippen LogP contribution is -2.58. The lowest BCUT2D eigenvalue weighted by molar-refractivity contribution is -0.147. The molecule has 0 spiro atoms. The predicted octanol–water partition coefficient (Wildman–Crippen LogP) is 4.99. The molecule has 2 atom stereocenters. The van der Waals surface area contributed by atoms with E-state index in [-0.39, 0.29) is 17.7 Å². The Hall–Kier alpha value is -4.27. The van der Waals surface area contributed by atoms with Crippen molar-refractivity contribution in [1.82, 2.24) is 20.2 Å². The van der Waals surface area contributed by atoms with Gasteiger partial charge in [-0.2, -0.15) is 0 Å². The predicted molar refractivity (Wildman–Crippen MR) is 184 cm³/mol. The molecular weight excluding hydrogens is 574 g/mol. The van der Waals surface area contributed by atoms with E-state index in [2.05, 4.69) is 17.6 Å². The molecule has 3 N–H and O–H groups in total. The van der Waals surface area contributed by atoms with Crippen LogP contribution in [0.5, 0.6) is 0 Å². The maximum atomic E-state index is 14.4. The molecule has 1 saturated heterocycles. The number of hydrogen-bond donors (Lipinski definition) is 2. The van der Waals surface area contributed by atoms with Gasteiger partial charge in [0.1, 0.15) is 12.1 Å². The van der Waals surface area contributed by atoms with Gasteiger partial charge in [-0.05, 0) is 61.4 Å². The number of piperidine rings is 1. The Kier molecular flexibility index (Phi) is 12.3. The molecular formula is C38H49N5O3. The second kappa shape index (κ2) is 16.3. The Morgan fingerprint density at radius 2 is 1.33 bits per heavy atom. The number of hydrazine groups is 1. The molecule has 1 fully saturated rings. The lowest BCUT2D eigenvalue weighted by Gasteiger charge is -2.36.